The molecular weight excluding hydrogens is 450 g/mol. The van der Waals surface area contributed by atoms with Gasteiger partial charge >= 0.3 is 0 Å². The van der Waals surface area contributed by atoms with E-state index in [0.717, 1.165) is 73.0 Å². The Kier molecular flexibility index (Phi) is 6.56. The highest BCUT2D eigenvalue weighted by atomic mass is 16.2. The Labute approximate surface area is 212 Å². The number of aromatic amines is 1. The van der Waals surface area contributed by atoms with Crippen LogP contribution in [0.25, 0.3) is 11.3 Å². The van der Waals surface area contributed by atoms with E-state index in [2.05, 4.69) is 41.5 Å². The maximum Gasteiger partial charge on any atom is 0.253 e. The van der Waals surface area contributed by atoms with E-state index in [-0.39, 0.29) is 11.8 Å². The molecule has 2 aromatic carbocycles. The van der Waals surface area contributed by atoms with Gasteiger partial charge in [0.05, 0.1) is 5.69 Å². The summed E-state index contributed by atoms with van der Waals surface area (Å²) < 4.78 is 0. The number of imidazole rings is 1. The van der Waals surface area contributed by atoms with Crippen molar-refractivity contribution in [2.24, 2.45) is 0 Å². The summed E-state index contributed by atoms with van der Waals surface area (Å²) >= 11 is 0. The van der Waals surface area contributed by atoms with Crippen molar-refractivity contribution in [2.75, 3.05) is 38.5 Å². The molecular formula is C29H35N5O2. The number of likely N-dealkylation sites (tertiary alicyclic amines) is 2. The van der Waals surface area contributed by atoms with Gasteiger partial charge in [-0.3, -0.25) is 9.59 Å². The highest BCUT2D eigenvalue weighted by Gasteiger charge is 2.32. The molecule has 5 rings (SSSR count). The van der Waals surface area contributed by atoms with Crippen LogP contribution in [0, 0.1) is 13.8 Å². The van der Waals surface area contributed by atoms with Gasteiger partial charge in [-0.2, -0.15) is 0 Å². The van der Waals surface area contributed by atoms with E-state index in [1.165, 1.54) is 5.56 Å². The monoisotopic (exact) mass is 485 g/mol. The van der Waals surface area contributed by atoms with Gasteiger partial charge in [0, 0.05) is 74.5 Å². The highest BCUT2D eigenvalue weighted by molar-refractivity contribution is 5.96. The Morgan fingerprint density at radius 2 is 1.67 bits per heavy atom. The Hall–Kier alpha value is -3.61. The average Bonchev–Trinajstić information content (AvgIpc) is 3.25. The zero-order chi connectivity index (χ0) is 25.4. The number of anilines is 1. The summed E-state index contributed by atoms with van der Waals surface area (Å²) in [7, 11) is 1.92. The third-order valence-electron chi connectivity index (χ3n) is 7.81. The first-order chi connectivity index (χ1) is 17.3. The lowest BCUT2D eigenvalue weighted by Gasteiger charge is -2.39. The second-order valence-corrected chi connectivity index (χ2v) is 10.2. The summed E-state index contributed by atoms with van der Waals surface area (Å²) in [6.45, 7) is 8.77. The number of nitrogens with one attached hydrogen (secondary N) is 2. The molecule has 7 nitrogen and oxygen atoms in total. The smallest absolute Gasteiger partial charge is 0.253 e. The van der Waals surface area contributed by atoms with Crippen molar-refractivity contribution in [3.05, 3.63) is 70.7 Å². The summed E-state index contributed by atoms with van der Waals surface area (Å²) in [5.41, 5.74) is 7.11. The fourth-order valence-electron chi connectivity index (χ4n) is 5.38. The molecule has 0 radical (unpaired) electrons. The van der Waals surface area contributed by atoms with Gasteiger partial charge < -0.3 is 20.1 Å². The molecule has 2 aliphatic rings. The van der Waals surface area contributed by atoms with Crippen LogP contribution in [0.5, 0.6) is 0 Å². The van der Waals surface area contributed by atoms with E-state index in [1.54, 1.807) is 6.92 Å². The number of amides is 2. The molecule has 0 aliphatic carbocycles. The second kappa shape index (κ2) is 9.80. The van der Waals surface area contributed by atoms with Crippen molar-refractivity contribution in [1.82, 2.24) is 19.8 Å². The van der Waals surface area contributed by atoms with Crippen LogP contribution in [0.2, 0.25) is 0 Å². The molecule has 2 fully saturated rings. The molecule has 0 bridgehead atoms. The van der Waals surface area contributed by atoms with Crippen LogP contribution in [-0.2, 0) is 4.79 Å². The van der Waals surface area contributed by atoms with Crippen molar-refractivity contribution < 1.29 is 9.59 Å². The minimum Gasteiger partial charge on any atom is -0.388 e. The number of rotatable bonds is 5. The first kappa shape index (κ1) is 24.1. The van der Waals surface area contributed by atoms with E-state index < -0.39 is 0 Å². The van der Waals surface area contributed by atoms with Crippen LogP contribution >= 0.6 is 0 Å². The van der Waals surface area contributed by atoms with Gasteiger partial charge in [0.2, 0.25) is 5.91 Å². The van der Waals surface area contributed by atoms with Crippen LogP contribution in [0.1, 0.15) is 64.6 Å². The standard InChI is InChI=1S/C29H35N5O2/c1-18-5-6-23(29(36)34-16-24(17-34)21-7-9-25(30-4)10-8-21)15-26(18)27-19(2)31-28(32-27)22-11-13-33(14-12-22)20(3)35/h5-10,15,22,24,30H,11-14,16-17H2,1-4H3,(H,31,32). The molecule has 3 heterocycles. The topological polar surface area (TPSA) is 81.3 Å². The number of aromatic nitrogens is 2. The molecule has 2 saturated heterocycles. The normalized spacial score (nSPS) is 16.7. The first-order valence-electron chi connectivity index (χ1n) is 12.8. The summed E-state index contributed by atoms with van der Waals surface area (Å²) in [6, 6.07) is 14.4. The summed E-state index contributed by atoms with van der Waals surface area (Å²) in [5, 5.41) is 3.14. The van der Waals surface area contributed by atoms with Crippen molar-refractivity contribution in [2.45, 2.75) is 45.4 Å². The van der Waals surface area contributed by atoms with Crippen LogP contribution in [0.15, 0.2) is 42.5 Å². The summed E-state index contributed by atoms with van der Waals surface area (Å²) in [5.74, 6) is 1.90. The van der Waals surface area contributed by atoms with Crippen LogP contribution in [0.3, 0.4) is 0 Å². The number of aryl methyl sites for hydroxylation is 2. The second-order valence-electron chi connectivity index (χ2n) is 10.2. The Bertz CT molecular complexity index is 1270. The SMILES string of the molecule is CNc1ccc(C2CN(C(=O)c3ccc(C)c(-c4nc(C5CCN(C(C)=O)CC5)[nH]c4C)c3)C2)cc1. The minimum absolute atomic E-state index is 0.0735. The third kappa shape index (κ3) is 4.62. The van der Waals surface area contributed by atoms with E-state index in [9.17, 15) is 9.59 Å². The lowest BCUT2D eigenvalue weighted by atomic mass is 9.90. The van der Waals surface area contributed by atoms with Crippen LogP contribution in [-0.4, -0.2) is 64.8 Å². The van der Waals surface area contributed by atoms with Gasteiger partial charge in [-0.05, 0) is 62.1 Å². The molecule has 188 valence electrons. The molecule has 0 unspecified atom stereocenters. The van der Waals surface area contributed by atoms with E-state index in [1.807, 2.05) is 42.0 Å². The predicted molar refractivity (Wildman–Crippen MR) is 142 cm³/mol. The van der Waals surface area contributed by atoms with Crippen molar-refractivity contribution >= 4 is 17.5 Å². The van der Waals surface area contributed by atoms with Crippen molar-refractivity contribution in [1.29, 1.82) is 0 Å². The number of hydrogen-bond acceptors (Lipinski definition) is 4. The number of nitrogens with zero attached hydrogens (tertiary/aromatic N) is 3. The Balaban J connectivity index is 1.29. The average molecular weight is 486 g/mol. The largest absolute Gasteiger partial charge is 0.388 e. The quantitative estimate of drug-likeness (QED) is 0.549. The zero-order valence-corrected chi connectivity index (χ0v) is 21.6. The molecule has 36 heavy (non-hydrogen) atoms. The lowest BCUT2D eigenvalue weighted by molar-refractivity contribution is -0.129. The van der Waals surface area contributed by atoms with Crippen LogP contribution < -0.4 is 5.32 Å². The van der Waals surface area contributed by atoms with E-state index in [4.69, 9.17) is 4.98 Å². The molecule has 0 spiro atoms. The number of carbonyl (C=O) groups excluding carboxylic acids is 2. The van der Waals surface area contributed by atoms with Gasteiger partial charge in [-0.15, -0.1) is 0 Å². The number of carbonyl (C=O) groups is 2. The zero-order valence-electron chi connectivity index (χ0n) is 21.6. The number of H-pyrrole nitrogens is 1. The maximum absolute atomic E-state index is 13.3. The molecule has 3 aromatic rings. The minimum atomic E-state index is 0.0735. The van der Waals surface area contributed by atoms with E-state index in [0.29, 0.717) is 17.4 Å². The van der Waals surface area contributed by atoms with Gasteiger partial charge in [0.1, 0.15) is 5.82 Å². The maximum atomic E-state index is 13.3. The summed E-state index contributed by atoms with van der Waals surface area (Å²) in [6.07, 6.45) is 1.83. The van der Waals surface area contributed by atoms with Gasteiger partial charge in [-0.25, -0.2) is 4.98 Å². The molecule has 2 aliphatic heterocycles. The first-order valence-corrected chi connectivity index (χ1v) is 12.8. The fourth-order valence-corrected chi connectivity index (χ4v) is 5.38. The van der Waals surface area contributed by atoms with Gasteiger partial charge in [-0.1, -0.05) is 18.2 Å². The molecule has 0 atom stereocenters. The number of piperidine rings is 1. The van der Waals surface area contributed by atoms with Crippen molar-refractivity contribution in [3.8, 4) is 11.3 Å². The molecule has 0 saturated carbocycles. The Morgan fingerprint density at radius 1 is 0.972 bits per heavy atom. The highest BCUT2D eigenvalue weighted by Crippen LogP contribution is 2.33. The third-order valence-corrected chi connectivity index (χ3v) is 7.81. The van der Waals surface area contributed by atoms with Gasteiger partial charge in [0.25, 0.3) is 5.91 Å². The fraction of sp³-hybridized carbons (Fsp3) is 0.414. The molecule has 7 heteroatoms. The number of hydrogen-bond donors (Lipinski definition) is 2. The molecule has 1 aromatic heterocycles. The van der Waals surface area contributed by atoms with Crippen LogP contribution in [0.4, 0.5) is 5.69 Å². The van der Waals surface area contributed by atoms with Gasteiger partial charge in [0.15, 0.2) is 0 Å². The number of benzene rings is 2. The van der Waals surface area contributed by atoms with Crippen molar-refractivity contribution in [3.63, 3.8) is 0 Å². The molecule has 2 amide bonds. The summed E-state index contributed by atoms with van der Waals surface area (Å²) in [4.78, 5) is 37.3. The van der Waals surface area contributed by atoms with E-state index >= 15 is 0 Å². The Morgan fingerprint density at radius 3 is 2.31 bits per heavy atom. The predicted octanol–water partition coefficient (Wildman–Crippen LogP) is 4.70. The lowest BCUT2D eigenvalue weighted by Crippen LogP contribution is -2.48. The molecule has 2 N–H and O–H groups in total.